The number of nitrogens with zero attached hydrogens (tertiary/aromatic N) is 1. The van der Waals surface area contributed by atoms with Gasteiger partial charge in [-0.05, 0) is 31.5 Å². The van der Waals surface area contributed by atoms with E-state index in [2.05, 4.69) is 5.32 Å². The Hall–Kier alpha value is -2.44. The molecule has 0 radical (unpaired) electrons. The number of nitro benzene ring substituents is 1. The quantitative estimate of drug-likeness (QED) is 0.616. The van der Waals surface area contributed by atoms with Crippen LogP contribution in [0.2, 0.25) is 0 Å². The molecule has 1 atom stereocenters. The first-order valence-corrected chi connectivity index (χ1v) is 6.42. The molecule has 0 aliphatic carbocycles. The fraction of sp³-hybridized carbons (Fsp3) is 0.429. The van der Waals surface area contributed by atoms with Crippen molar-refractivity contribution in [3.63, 3.8) is 0 Å². The number of rotatable bonds is 6. The van der Waals surface area contributed by atoms with Crippen molar-refractivity contribution >= 4 is 17.6 Å². The number of amides is 1. The van der Waals surface area contributed by atoms with Gasteiger partial charge in [0.05, 0.1) is 16.4 Å². The average Bonchev–Trinajstić information content (AvgIpc) is 2.37. The molecule has 1 amide bonds. The van der Waals surface area contributed by atoms with Crippen LogP contribution in [0.25, 0.3) is 0 Å². The van der Waals surface area contributed by atoms with Gasteiger partial charge in [0.2, 0.25) is 5.91 Å². The molecule has 0 aromatic heterocycles. The average molecular weight is 294 g/mol. The second kappa shape index (κ2) is 6.34. The number of non-ortho nitro benzene ring substituents is 1. The summed E-state index contributed by atoms with van der Waals surface area (Å²) in [6.45, 7) is 4.95. The van der Waals surface area contributed by atoms with Crippen LogP contribution in [-0.4, -0.2) is 21.9 Å². The minimum Gasteiger partial charge on any atom is -0.481 e. The smallest absolute Gasteiger partial charge is 0.306 e. The first kappa shape index (κ1) is 16.6. The molecular formula is C14H18N2O5. The Kier molecular flexibility index (Phi) is 5.02. The van der Waals surface area contributed by atoms with Crippen molar-refractivity contribution < 1.29 is 19.6 Å². The largest absolute Gasteiger partial charge is 0.481 e. The van der Waals surface area contributed by atoms with E-state index in [-0.39, 0.29) is 18.0 Å². The zero-order valence-corrected chi connectivity index (χ0v) is 12.1. The maximum Gasteiger partial charge on any atom is 0.306 e. The van der Waals surface area contributed by atoms with Gasteiger partial charge in [-0.25, -0.2) is 0 Å². The number of carbonyl (C=O) groups is 2. The van der Waals surface area contributed by atoms with Crippen LogP contribution in [0.1, 0.15) is 32.8 Å². The van der Waals surface area contributed by atoms with Crippen LogP contribution < -0.4 is 5.32 Å². The lowest BCUT2D eigenvalue weighted by Gasteiger charge is -2.27. The van der Waals surface area contributed by atoms with Crippen LogP contribution in [0, 0.1) is 16.0 Å². The molecule has 1 aromatic carbocycles. The normalized spacial score (nSPS) is 12.5. The Bertz CT molecular complexity index is 551. The molecule has 0 saturated heterocycles. The fourth-order valence-electron chi connectivity index (χ4n) is 1.84. The molecule has 0 fully saturated rings. The van der Waals surface area contributed by atoms with Crippen LogP contribution in [0.3, 0.4) is 0 Å². The van der Waals surface area contributed by atoms with E-state index in [4.69, 9.17) is 5.11 Å². The molecule has 1 aromatic rings. The highest BCUT2D eigenvalue weighted by molar-refractivity contribution is 5.82. The summed E-state index contributed by atoms with van der Waals surface area (Å²) >= 11 is 0. The molecule has 0 bridgehead atoms. The summed E-state index contributed by atoms with van der Waals surface area (Å²) in [6, 6.07) is 5.87. The summed E-state index contributed by atoms with van der Waals surface area (Å²) in [6.07, 6.45) is -0.119. The summed E-state index contributed by atoms with van der Waals surface area (Å²) in [5, 5.41) is 22.1. The van der Waals surface area contributed by atoms with Crippen LogP contribution >= 0.6 is 0 Å². The highest BCUT2D eigenvalue weighted by Gasteiger charge is 2.25. The molecule has 0 spiro atoms. The Morgan fingerprint density at radius 1 is 1.33 bits per heavy atom. The summed E-state index contributed by atoms with van der Waals surface area (Å²) in [4.78, 5) is 32.7. The van der Waals surface area contributed by atoms with E-state index in [1.165, 1.54) is 19.1 Å². The van der Waals surface area contributed by atoms with Gasteiger partial charge in [0, 0.05) is 18.6 Å². The van der Waals surface area contributed by atoms with Crippen molar-refractivity contribution in [2.75, 3.05) is 0 Å². The predicted molar refractivity (Wildman–Crippen MR) is 75.7 cm³/mol. The van der Waals surface area contributed by atoms with E-state index in [0.29, 0.717) is 5.56 Å². The number of nitrogens with one attached hydrogen (secondary N) is 1. The third-order valence-corrected chi connectivity index (χ3v) is 3.16. The molecule has 2 N–H and O–H groups in total. The van der Waals surface area contributed by atoms with Crippen LogP contribution in [0.15, 0.2) is 24.3 Å². The van der Waals surface area contributed by atoms with Gasteiger partial charge in [0.15, 0.2) is 0 Å². The minimum atomic E-state index is -1.03. The van der Waals surface area contributed by atoms with Crippen molar-refractivity contribution in [1.82, 2.24) is 5.32 Å². The first-order valence-electron chi connectivity index (χ1n) is 6.42. The van der Waals surface area contributed by atoms with Crippen molar-refractivity contribution in [3.05, 3.63) is 39.9 Å². The number of carboxylic acid groups (broad SMARTS) is 1. The Morgan fingerprint density at radius 3 is 2.29 bits per heavy atom. The lowest BCUT2D eigenvalue weighted by Crippen LogP contribution is -2.41. The van der Waals surface area contributed by atoms with Crippen molar-refractivity contribution in [2.45, 2.75) is 32.7 Å². The van der Waals surface area contributed by atoms with Gasteiger partial charge in [-0.1, -0.05) is 6.92 Å². The fourth-order valence-corrected chi connectivity index (χ4v) is 1.84. The van der Waals surface area contributed by atoms with Crippen LogP contribution in [0.5, 0.6) is 0 Å². The number of aliphatic carboxylic acids is 1. The lowest BCUT2D eigenvalue weighted by atomic mass is 9.93. The molecule has 0 aliphatic rings. The summed E-state index contributed by atoms with van der Waals surface area (Å²) in [7, 11) is 0. The number of carbonyl (C=O) groups excluding carboxylic acids is 1. The molecule has 0 aliphatic heterocycles. The van der Waals surface area contributed by atoms with E-state index < -0.39 is 22.3 Å². The van der Waals surface area contributed by atoms with Crippen LogP contribution in [-0.2, 0) is 15.1 Å². The zero-order valence-electron chi connectivity index (χ0n) is 12.1. The molecule has 21 heavy (non-hydrogen) atoms. The van der Waals surface area contributed by atoms with Crippen molar-refractivity contribution in [1.29, 1.82) is 0 Å². The summed E-state index contributed by atoms with van der Waals surface area (Å²) < 4.78 is 0. The zero-order chi connectivity index (χ0) is 16.2. The predicted octanol–water partition coefficient (Wildman–Crippen LogP) is 2.06. The van der Waals surface area contributed by atoms with Crippen molar-refractivity contribution in [2.24, 2.45) is 5.92 Å². The summed E-state index contributed by atoms with van der Waals surface area (Å²) in [5.41, 5.74) is -0.0745. The van der Waals surface area contributed by atoms with Crippen LogP contribution in [0.4, 0.5) is 5.69 Å². The molecule has 7 heteroatoms. The van der Waals surface area contributed by atoms with Gasteiger partial charge in [-0.3, -0.25) is 19.7 Å². The monoisotopic (exact) mass is 294 g/mol. The number of hydrogen-bond acceptors (Lipinski definition) is 4. The molecule has 1 rings (SSSR count). The van der Waals surface area contributed by atoms with Gasteiger partial charge < -0.3 is 10.4 Å². The molecule has 0 heterocycles. The number of carboxylic acids is 1. The molecular weight excluding hydrogens is 276 g/mol. The third kappa shape index (κ3) is 4.55. The van der Waals surface area contributed by atoms with E-state index >= 15 is 0 Å². The minimum absolute atomic E-state index is 0.0274. The Labute approximate surface area is 122 Å². The highest BCUT2D eigenvalue weighted by Crippen LogP contribution is 2.23. The van der Waals surface area contributed by atoms with Gasteiger partial charge in [0.25, 0.3) is 5.69 Å². The van der Waals surface area contributed by atoms with Gasteiger partial charge in [-0.2, -0.15) is 0 Å². The molecule has 0 saturated carbocycles. The van der Waals surface area contributed by atoms with Gasteiger partial charge in [-0.15, -0.1) is 0 Å². The SMILES string of the molecule is CC(CC(=O)NC(C)(C)c1ccc([N+](=O)[O-])cc1)C(=O)O. The second-order valence-electron chi connectivity index (χ2n) is 5.42. The third-order valence-electron chi connectivity index (χ3n) is 3.16. The van der Waals surface area contributed by atoms with E-state index in [9.17, 15) is 19.7 Å². The van der Waals surface area contributed by atoms with Gasteiger partial charge in [0.1, 0.15) is 0 Å². The molecule has 114 valence electrons. The number of hydrogen-bond donors (Lipinski definition) is 2. The standard InChI is InChI=1S/C14H18N2O5/c1-9(13(18)19)8-12(17)15-14(2,3)10-4-6-11(7-5-10)16(20)21/h4-7,9H,8H2,1-3H3,(H,15,17)(H,18,19). The lowest BCUT2D eigenvalue weighted by molar-refractivity contribution is -0.384. The van der Waals surface area contributed by atoms with E-state index in [0.717, 1.165) is 0 Å². The Morgan fingerprint density at radius 2 is 1.86 bits per heavy atom. The highest BCUT2D eigenvalue weighted by atomic mass is 16.6. The Balaban J connectivity index is 2.78. The number of nitro groups is 1. The number of benzene rings is 1. The maximum absolute atomic E-state index is 11.8. The maximum atomic E-state index is 11.8. The summed E-state index contributed by atoms with van der Waals surface area (Å²) in [5.74, 6) is -2.18. The second-order valence-corrected chi connectivity index (χ2v) is 5.42. The first-order chi connectivity index (χ1) is 9.63. The molecule has 7 nitrogen and oxygen atoms in total. The van der Waals surface area contributed by atoms with E-state index in [1.807, 2.05) is 0 Å². The van der Waals surface area contributed by atoms with Gasteiger partial charge >= 0.3 is 5.97 Å². The molecule has 1 unspecified atom stereocenters. The van der Waals surface area contributed by atoms with Crippen molar-refractivity contribution in [3.8, 4) is 0 Å². The topological polar surface area (TPSA) is 110 Å². The van der Waals surface area contributed by atoms with E-state index in [1.54, 1.807) is 26.0 Å².